The molecule has 0 aromatic carbocycles. The fourth-order valence-corrected chi connectivity index (χ4v) is 2.89. The van der Waals surface area contributed by atoms with E-state index in [0.717, 1.165) is 40.5 Å². The van der Waals surface area contributed by atoms with Crippen LogP contribution in [0.5, 0.6) is 0 Å². The Bertz CT molecular complexity index is 690. The van der Waals surface area contributed by atoms with E-state index >= 15 is 0 Å². The van der Waals surface area contributed by atoms with Gasteiger partial charge >= 0.3 is 0 Å². The van der Waals surface area contributed by atoms with Crippen molar-refractivity contribution in [3.63, 3.8) is 0 Å². The Hall–Kier alpha value is -1.46. The molecule has 0 aliphatic carbocycles. The number of hydrogen-bond acceptors (Lipinski definition) is 4. The monoisotopic (exact) mass is 292 g/mol. The average molecular weight is 293 g/mol. The van der Waals surface area contributed by atoms with Crippen molar-refractivity contribution in [3.8, 4) is 0 Å². The maximum atomic E-state index is 5.98. The van der Waals surface area contributed by atoms with Crippen molar-refractivity contribution >= 4 is 34.1 Å². The number of imidazole rings is 1. The Morgan fingerprint density at radius 2 is 2.26 bits per heavy atom. The zero-order chi connectivity index (χ0) is 13.2. The molecule has 3 aromatic rings. The van der Waals surface area contributed by atoms with Gasteiger partial charge in [0.1, 0.15) is 11.3 Å². The second-order valence-electron chi connectivity index (χ2n) is 4.34. The van der Waals surface area contributed by atoms with Crippen LogP contribution in [0.15, 0.2) is 23.8 Å². The molecule has 19 heavy (non-hydrogen) atoms. The second kappa shape index (κ2) is 5.27. The third-order valence-corrected chi connectivity index (χ3v) is 4.03. The maximum Gasteiger partial charge on any atom is 0.160 e. The SMILES string of the molecule is Cc1cnc2c(c1)nc(CCl)n2CCc1nccs1. The summed E-state index contributed by atoms with van der Waals surface area (Å²) in [7, 11) is 0. The van der Waals surface area contributed by atoms with Crippen LogP contribution < -0.4 is 0 Å². The largest absolute Gasteiger partial charge is 0.311 e. The van der Waals surface area contributed by atoms with E-state index in [1.54, 1.807) is 11.3 Å². The first-order chi connectivity index (χ1) is 9.28. The molecule has 3 aromatic heterocycles. The lowest BCUT2D eigenvalue weighted by atomic mass is 10.3. The minimum Gasteiger partial charge on any atom is -0.311 e. The highest BCUT2D eigenvalue weighted by Crippen LogP contribution is 2.18. The molecule has 0 fully saturated rings. The Balaban J connectivity index is 1.96. The van der Waals surface area contributed by atoms with Crippen molar-refractivity contribution in [2.75, 3.05) is 0 Å². The molecule has 0 aliphatic heterocycles. The van der Waals surface area contributed by atoms with Crippen LogP contribution in [0.1, 0.15) is 16.4 Å². The topological polar surface area (TPSA) is 43.6 Å². The summed E-state index contributed by atoms with van der Waals surface area (Å²) in [5, 5.41) is 3.11. The lowest BCUT2D eigenvalue weighted by molar-refractivity contribution is 0.680. The zero-order valence-corrected chi connectivity index (χ0v) is 12.1. The van der Waals surface area contributed by atoms with Crippen LogP contribution in [-0.4, -0.2) is 19.5 Å². The molecule has 4 nitrogen and oxygen atoms in total. The van der Waals surface area contributed by atoms with E-state index in [4.69, 9.17) is 11.6 Å². The van der Waals surface area contributed by atoms with E-state index in [-0.39, 0.29) is 0 Å². The van der Waals surface area contributed by atoms with Gasteiger partial charge < -0.3 is 4.57 Å². The third kappa shape index (κ3) is 2.48. The number of thiazole rings is 1. The summed E-state index contributed by atoms with van der Waals surface area (Å²) in [4.78, 5) is 13.3. The van der Waals surface area contributed by atoms with Gasteiger partial charge in [-0.2, -0.15) is 0 Å². The second-order valence-corrected chi connectivity index (χ2v) is 5.59. The van der Waals surface area contributed by atoms with Crippen molar-refractivity contribution in [3.05, 3.63) is 40.2 Å². The third-order valence-electron chi connectivity index (χ3n) is 2.95. The summed E-state index contributed by atoms with van der Waals surface area (Å²) in [5.41, 5.74) is 2.92. The van der Waals surface area contributed by atoms with Crippen molar-refractivity contribution in [2.24, 2.45) is 0 Å². The van der Waals surface area contributed by atoms with Gasteiger partial charge in [-0.1, -0.05) is 0 Å². The molecule has 0 aliphatic rings. The fraction of sp³-hybridized carbons (Fsp3) is 0.308. The van der Waals surface area contributed by atoms with E-state index in [2.05, 4.69) is 19.5 Å². The molecule has 0 amide bonds. The van der Waals surface area contributed by atoms with Crippen molar-refractivity contribution in [2.45, 2.75) is 25.8 Å². The van der Waals surface area contributed by atoms with Gasteiger partial charge in [-0.15, -0.1) is 22.9 Å². The number of aryl methyl sites for hydroxylation is 3. The Morgan fingerprint density at radius 1 is 1.37 bits per heavy atom. The van der Waals surface area contributed by atoms with E-state index in [0.29, 0.717) is 5.88 Å². The standard InChI is InChI=1S/C13H13ClN4S/c1-9-6-10-13(16-8-9)18(11(7-14)17-10)4-2-12-15-3-5-19-12/h3,5-6,8H,2,4,7H2,1H3. The summed E-state index contributed by atoms with van der Waals surface area (Å²) >= 11 is 7.65. The van der Waals surface area contributed by atoms with E-state index in [9.17, 15) is 0 Å². The predicted molar refractivity (Wildman–Crippen MR) is 77.6 cm³/mol. The Labute approximate surface area is 120 Å². The van der Waals surface area contributed by atoms with Crippen LogP contribution in [-0.2, 0) is 18.8 Å². The number of alkyl halides is 1. The summed E-state index contributed by atoms with van der Waals surface area (Å²) in [6.07, 6.45) is 4.57. The van der Waals surface area contributed by atoms with Crippen LogP contribution >= 0.6 is 22.9 Å². The van der Waals surface area contributed by atoms with Gasteiger partial charge in [-0.3, -0.25) is 0 Å². The Kier molecular flexibility index (Phi) is 3.48. The molecule has 0 saturated heterocycles. The molecular formula is C13H13ClN4S. The minimum absolute atomic E-state index is 0.396. The van der Waals surface area contributed by atoms with Crippen LogP contribution in [0, 0.1) is 6.92 Å². The molecule has 3 heterocycles. The van der Waals surface area contributed by atoms with Crippen LogP contribution in [0.3, 0.4) is 0 Å². The number of hydrogen-bond donors (Lipinski definition) is 0. The molecule has 0 bridgehead atoms. The van der Waals surface area contributed by atoms with Crippen molar-refractivity contribution in [1.29, 1.82) is 0 Å². The average Bonchev–Trinajstić information content (AvgIpc) is 3.02. The number of nitrogens with zero attached hydrogens (tertiary/aromatic N) is 4. The first-order valence-electron chi connectivity index (χ1n) is 6.04. The minimum atomic E-state index is 0.396. The molecule has 0 N–H and O–H groups in total. The van der Waals surface area contributed by atoms with Crippen LogP contribution in [0.2, 0.25) is 0 Å². The lowest BCUT2D eigenvalue weighted by Gasteiger charge is -2.05. The van der Waals surface area contributed by atoms with E-state index in [1.165, 1.54) is 0 Å². The summed E-state index contributed by atoms with van der Waals surface area (Å²) < 4.78 is 2.09. The van der Waals surface area contributed by atoms with Gasteiger partial charge in [0, 0.05) is 30.7 Å². The van der Waals surface area contributed by atoms with Crippen LogP contribution in [0.25, 0.3) is 11.2 Å². The van der Waals surface area contributed by atoms with Gasteiger partial charge in [0.2, 0.25) is 0 Å². The van der Waals surface area contributed by atoms with Gasteiger partial charge in [-0.05, 0) is 18.6 Å². The predicted octanol–water partition coefficient (Wildman–Crippen LogP) is 3.18. The molecule has 0 atom stereocenters. The van der Waals surface area contributed by atoms with Gasteiger partial charge in [0.25, 0.3) is 0 Å². The quantitative estimate of drug-likeness (QED) is 0.694. The molecule has 0 saturated carbocycles. The van der Waals surface area contributed by atoms with Gasteiger partial charge in [0.05, 0.1) is 10.9 Å². The summed E-state index contributed by atoms with van der Waals surface area (Å²) in [6.45, 7) is 2.82. The highest BCUT2D eigenvalue weighted by molar-refractivity contribution is 7.09. The molecule has 0 unspecified atom stereocenters. The van der Waals surface area contributed by atoms with E-state index < -0.39 is 0 Å². The van der Waals surface area contributed by atoms with Crippen molar-refractivity contribution < 1.29 is 0 Å². The summed E-state index contributed by atoms with van der Waals surface area (Å²) in [5.74, 6) is 1.26. The number of fused-ring (bicyclic) bond motifs is 1. The molecule has 3 rings (SSSR count). The maximum absolute atomic E-state index is 5.98. The molecule has 0 spiro atoms. The molecule has 98 valence electrons. The molecular weight excluding hydrogens is 280 g/mol. The number of aromatic nitrogens is 4. The molecule has 0 radical (unpaired) electrons. The number of rotatable bonds is 4. The van der Waals surface area contributed by atoms with Gasteiger partial charge in [-0.25, -0.2) is 15.0 Å². The highest BCUT2D eigenvalue weighted by Gasteiger charge is 2.11. The number of halogens is 1. The normalized spacial score (nSPS) is 11.3. The smallest absolute Gasteiger partial charge is 0.160 e. The van der Waals surface area contributed by atoms with Crippen molar-refractivity contribution in [1.82, 2.24) is 19.5 Å². The first kappa shape index (κ1) is 12.6. The van der Waals surface area contributed by atoms with E-state index in [1.807, 2.05) is 30.8 Å². The van der Waals surface area contributed by atoms with Crippen LogP contribution in [0.4, 0.5) is 0 Å². The highest BCUT2D eigenvalue weighted by atomic mass is 35.5. The fourth-order valence-electron chi connectivity index (χ4n) is 2.08. The Morgan fingerprint density at radius 3 is 3.00 bits per heavy atom. The number of pyridine rings is 1. The summed E-state index contributed by atoms with van der Waals surface area (Å²) in [6, 6.07) is 2.04. The van der Waals surface area contributed by atoms with Gasteiger partial charge in [0.15, 0.2) is 5.65 Å². The first-order valence-corrected chi connectivity index (χ1v) is 7.45. The lowest BCUT2D eigenvalue weighted by Crippen LogP contribution is -2.05. The molecule has 6 heteroatoms. The zero-order valence-electron chi connectivity index (χ0n) is 10.5.